The van der Waals surface area contributed by atoms with E-state index in [0.29, 0.717) is 29.7 Å². The Morgan fingerprint density at radius 2 is 2.00 bits per heavy atom. The van der Waals surface area contributed by atoms with Crippen LogP contribution in [0.2, 0.25) is 10.0 Å². The predicted molar refractivity (Wildman–Crippen MR) is 106 cm³/mol. The number of aromatic nitrogens is 2. The van der Waals surface area contributed by atoms with E-state index >= 15 is 0 Å². The Balaban J connectivity index is 1.79. The second kappa shape index (κ2) is 8.15. The number of carbonyl (C=O) groups excluding carboxylic acids is 2. The van der Waals surface area contributed by atoms with Crippen LogP contribution in [0.5, 0.6) is 0 Å². The molecular formula is C19H20Cl2N4O2. The molecular weight excluding hydrogens is 387 g/mol. The van der Waals surface area contributed by atoms with Crippen molar-refractivity contribution in [3.8, 4) is 0 Å². The number of rotatable bonds is 4. The third-order valence-corrected chi connectivity index (χ3v) is 5.26. The van der Waals surface area contributed by atoms with Gasteiger partial charge >= 0.3 is 0 Å². The molecule has 0 radical (unpaired) electrons. The summed E-state index contributed by atoms with van der Waals surface area (Å²) in [4.78, 5) is 25.3. The van der Waals surface area contributed by atoms with Gasteiger partial charge in [-0.05, 0) is 32.1 Å². The number of hydrogen-bond donors (Lipinski definition) is 1. The number of carbonyl (C=O) groups is 2. The summed E-state index contributed by atoms with van der Waals surface area (Å²) < 4.78 is 1.82. The number of aryl methyl sites for hydroxylation is 1. The van der Waals surface area contributed by atoms with Gasteiger partial charge < -0.3 is 10.2 Å². The lowest BCUT2D eigenvalue weighted by atomic mass is 10.1. The molecule has 1 aliphatic heterocycles. The number of benzene rings is 1. The number of piperazine rings is 1. The molecule has 0 unspecified atom stereocenters. The molecule has 2 amide bonds. The lowest BCUT2D eigenvalue weighted by molar-refractivity contribution is -0.134. The van der Waals surface area contributed by atoms with Gasteiger partial charge in [-0.2, -0.15) is 5.10 Å². The smallest absolute Gasteiger partial charge is 0.247 e. The van der Waals surface area contributed by atoms with Gasteiger partial charge in [0.05, 0.1) is 18.8 Å². The van der Waals surface area contributed by atoms with E-state index in [4.69, 9.17) is 23.2 Å². The molecule has 1 saturated heterocycles. The van der Waals surface area contributed by atoms with Crippen molar-refractivity contribution >= 4 is 41.1 Å². The molecule has 1 aromatic heterocycles. The first kappa shape index (κ1) is 19.5. The third kappa shape index (κ3) is 4.34. The minimum atomic E-state index is -0.189. The van der Waals surface area contributed by atoms with Gasteiger partial charge in [0.2, 0.25) is 11.8 Å². The molecule has 0 saturated carbocycles. The van der Waals surface area contributed by atoms with Crippen molar-refractivity contribution in [2.75, 3.05) is 19.6 Å². The van der Waals surface area contributed by atoms with Gasteiger partial charge in [-0.1, -0.05) is 29.3 Å². The average Bonchev–Trinajstić information content (AvgIpc) is 2.89. The van der Waals surface area contributed by atoms with E-state index < -0.39 is 0 Å². The highest BCUT2D eigenvalue weighted by molar-refractivity contribution is 6.35. The van der Waals surface area contributed by atoms with E-state index in [-0.39, 0.29) is 18.4 Å². The molecule has 1 N–H and O–H groups in total. The Kier molecular flexibility index (Phi) is 5.87. The zero-order valence-electron chi connectivity index (χ0n) is 15.1. The fourth-order valence-electron chi connectivity index (χ4n) is 3.03. The summed E-state index contributed by atoms with van der Waals surface area (Å²) in [5.41, 5.74) is 3.38. The Hall–Kier alpha value is -2.31. The van der Waals surface area contributed by atoms with Crippen molar-refractivity contribution in [2.45, 2.75) is 20.4 Å². The monoisotopic (exact) mass is 406 g/mol. The van der Waals surface area contributed by atoms with Crippen molar-refractivity contribution in [1.29, 1.82) is 0 Å². The average molecular weight is 407 g/mol. The minimum absolute atomic E-state index is 0.0887. The summed E-state index contributed by atoms with van der Waals surface area (Å²) in [7, 11) is 0. The van der Waals surface area contributed by atoms with Crippen molar-refractivity contribution in [3.63, 3.8) is 0 Å². The Morgan fingerprint density at radius 3 is 2.67 bits per heavy atom. The minimum Gasteiger partial charge on any atom is -0.353 e. The van der Waals surface area contributed by atoms with E-state index in [1.165, 1.54) is 11.0 Å². The van der Waals surface area contributed by atoms with Gasteiger partial charge in [0, 0.05) is 46.0 Å². The summed E-state index contributed by atoms with van der Waals surface area (Å²) in [6, 6.07) is 5.39. The zero-order valence-corrected chi connectivity index (χ0v) is 16.6. The van der Waals surface area contributed by atoms with Crippen LogP contribution in [0.15, 0.2) is 24.3 Å². The van der Waals surface area contributed by atoms with Gasteiger partial charge in [0.15, 0.2) is 0 Å². The first-order valence-corrected chi connectivity index (χ1v) is 9.33. The summed E-state index contributed by atoms with van der Waals surface area (Å²) in [5, 5.41) is 8.43. The van der Waals surface area contributed by atoms with Crippen molar-refractivity contribution in [2.24, 2.45) is 0 Å². The lowest BCUT2D eigenvalue weighted by Gasteiger charge is -2.25. The van der Waals surface area contributed by atoms with Gasteiger partial charge in [0.1, 0.15) is 0 Å². The third-order valence-electron chi connectivity index (χ3n) is 4.55. The molecule has 1 fully saturated rings. The summed E-state index contributed by atoms with van der Waals surface area (Å²) in [6.07, 6.45) is 3.24. The molecule has 0 atom stereocenters. The van der Waals surface area contributed by atoms with E-state index in [1.807, 2.05) is 18.5 Å². The molecule has 1 aromatic carbocycles. The van der Waals surface area contributed by atoms with Gasteiger partial charge in [-0.15, -0.1) is 0 Å². The van der Waals surface area contributed by atoms with Crippen LogP contribution in [0.25, 0.3) is 6.08 Å². The second-order valence-corrected chi connectivity index (χ2v) is 7.20. The highest BCUT2D eigenvalue weighted by atomic mass is 35.5. The maximum atomic E-state index is 12.3. The fourth-order valence-corrected chi connectivity index (χ4v) is 3.54. The molecule has 2 aromatic rings. The summed E-state index contributed by atoms with van der Waals surface area (Å²) in [5.74, 6) is -0.328. The normalized spacial score (nSPS) is 14.7. The Bertz CT molecular complexity index is 900. The Morgan fingerprint density at radius 1 is 1.30 bits per heavy atom. The van der Waals surface area contributed by atoms with Gasteiger partial charge in [-0.3, -0.25) is 14.3 Å². The van der Waals surface area contributed by atoms with E-state index in [1.54, 1.807) is 24.3 Å². The SMILES string of the molecule is Cc1nn(Cc2c(Cl)cccc2Cl)c(C)c1/C=C/C(=O)N1CCNC(=O)C1. The molecule has 27 heavy (non-hydrogen) atoms. The first-order valence-electron chi connectivity index (χ1n) is 8.57. The Labute approximate surface area is 167 Å². The first-order chi connectivity index (χ1) is 12.9. The van der Waals surface area contributed by atoms with Crippen LogP contribution in [0.1, 0.15) is 22.5 Å². The second-order valence-electron chi connectivity index (χ2n) is 6.39. The number of nitrogens with zero attached hydrogens (tertiary/aromatic N) is 3. The number of hydrogen-bond acceptors (Lipinski definition) is 3. The molecule has 0 bridgehead atoms. The van der Waals surface area contributed by atoms with E-state index in [2.05, 4.69) is 10.4 Å². The highest BCUT2D eigenvalue weighted by Gasteiger charge is 2.19. The maximum absolute atomic E-state index is 12.3. The van der Waals surface area contributed by atoms with Crippen LogP contribution in [0.3, 0.4) is 0 Å². The largest absolute Gasteiger partial charge is 0.353 e. The van der Waals surface area contributed by atoms with Crippen LogP contribution in [-0.4, -0.2) is 46.1 Å². The molecule has 2 heterocycles. The standard InChI is InChI=1S/C19H20Cl2N4O2/c1-12-14(6-7-19(27)24-9-8-22-18(26)11-24)13(2)25(23-12)10-15-16(20)4-3-5-17(15)21/h3-7H,8-11H2,1-2H3,(H,22,26)/b7-6+. The maximum Gasteiger partial charge on any atom is 0.247 e. The van der Waals surface area contributed by atoms with E-state index in [9.17, 15) is 9.59 Å². The molecule has 1 aliphatic rings. The van der Waals surface area contributed by atoms with Gasteiger partial charge in [0.25, 0.3) is 0 Å². The number of amides is 2. The van der Waals surface area contributed by atoms with Crippen molar-refractivity contribution < 1.29 is 9.59 Å². The van der Waals surface area contributed by atoms with Crippen molar-refractivity contribution in [1.82, 2.24) is 20.0 Å². The molecule has 8 heteroatoms. The highest BCUT2D eigenvalue weighted by Crippen LogP contribution is 2.26. The molecule has 6 nitrogen and oxygen atoms in total. The number of halogens is 2. The van der Waals surface area contributed by atoms with Crippen LogP contribution in [0.4, 0.5) is 0 Å². The zero-order chi connectivity index (χ0) is 19.6. The number of nitrogens with one attached hydrogen (secondary N) is 1. The molecule has 3 rings (SSSR count). The topological polar surface area (TPSA) is 67.2 Å². The molecule has 142 valence electrons. The predicted octanol–water partition coefficient (Wildman–Crippen LogP) is 2.83. The lowest BCUT2D eigenvalue weighted by Crippen LogP contribution is -2.49. The van der Waals surface area contributed by atoms with Crippen LogP contribution < -0.4 is 5.32 Å². The van der Waals surface area contributed by atoms with Crippen LogP contribution >= 0.6 is 23.2 Å². The fraction of sp³-hybridized carbons (Fsp3) is 0.316. The molecule has 0 aliphatic carbocycles. The van der Waals surface area contributed by atoms with Crippen molar-refractivity contribution in [3.05, 3.63) is 56.8 Å². The van der Waals surface area contributed by atoms with Crippen LogP contribution in [-0.2, 0) is 16.1 Å². The van der Waals surface area contributed by atoms with Crippen LogP contribution in [0, 0.1) is 13.8 Å². The van der Waals surface area contributed by atoms with Gasteiger partial charge in [-0.25, -0.2) is 0 Å². The van der Waals surface area contributed by atoms with E-state index in [0.717, 1.165) is 22.5 Å². The summed E-state index contributed by atoms with van der Waals surface area (Å²) >= 11 is 12.5. The molecule has 0 spiro atoms. The summed E-state index contributed by atoms with van der Waals surface area (Å²) in [6.45, 7) is 5.34. The quantitative estimate of drug-likeness (QED) is 0.793.